The zero-order valence-corrected chi connectivity index (χ0v) is 11.9. The lowest BCUT2D eigenvalue weighted by Gasteiger charge is -2.22. The monoisotopic (exact) mass is 273 g/mol. The van der Waals surface area contributed by atoms with Crippen LogP contribution in [0.15, 0.2) is 59.5 Å². The normalized spacial score (nSPS) is 10.4. The van der Waals surface area contributed by atoms with E-state index in [9.17, 15) is 5.11 Å². The summed E-state index contributed by atoms with van der Waals surface area (Å²) in [7, 11) is 0. The zero-order chi connectivity index (χ0) is 13.5. The molecule has 0 bridgehead atoms. The quantitative estimate of drug-likeness (QED) is 0.804. The molecule has 1 N–H and O–H groups in total. The van der Waals surface area contributed by atoms with Gasteiger partial charge in [-0.15, -0.1) is 11.8 Å². The molecule has 0 atom stereocenters. The number of phenols is 1. The van der Waals surface area contributed by atoms with Crippen molar-refractivity contribution in [3.63, 3.8) is 0 Å². The lowest BCUT2D eigenvalue weighted by atomic mass is 10.3. The first-order chi connectivity index (χ1) is 9.29. The van der Waals surface area contributed by atoms with Gasteiger partial charge in [0.05, 0.1) is 0 Å². The van der Waals surface area contributed by atoms with Gasteiger partial charge in [0.25, 0.3) is 0 Å². The highest BCUT2D eigenvalue weighted by Gasteiger charge is 2.03. The fourth-order valence-corrected chi connectivity index (χ4v) is 2.80. The van der Waals surface area contributed by atoms with Crippen LogP contribution in [0.1, 0.15) is 6.92 Å². The van der Waals surface area contributed by atoms with Crippen LogP contribution < -0.4 is 4.90 Å². The van der Waals surface area contributed by atoms with Crippen LogP contribution in [0.4, 0.5) is 5.69 Å². The third-order valence-corrected chi connectivity index (χ3v) is 3.96. The van der Waals surface area contributed by atoms with Crippen molar-refractivity contribution in [1.82, 2.24) is 0 Å². The van der Waals surface area contributed by atoms with E-state index in [1.165, 1.54) is 10.6 Å². The second-order valence-corrected chi connectivity index (χ2v) is 5.43. The number of anilines is 1. The molecule has 0 aliphatic carbocycles. The molecule has 0 fully saturated rings. The number of rotatable bonds is 6. The number of benzene rings is 2. The third-order valence-electron chi connectivity index (χ3n) is 2.97. The van der Waals surface area contributed by atoms with Crippen molar-refractivity contribution in [1.29, 1.82) is 0 Å². The summed E-state index contributed by atoms with van der Waals surface area (Å²) < 4.78 is 0. The first-order valence-corrected chi connectivity index (χ1v) is 7.50. The minimum atomic E-state index is 0.323. The van der Waals surface area contributed by atoms with Crippen molar-refractivity contribution in [3.8, 4) is 5.75 Å². The van der Waals surface area contributed by atoms with Gasteiger partial charge in [-0.2, -0.15) is 0 Å². The maximum Gasteiger partial charge on any atom is 0.115 e. The molecular weight excluding hydrogens is 254 g/mol. The van der Waals surface area contributed by atoms with Gasteiger partial charge in [-0.1, -0.05) is 18.2 Å². The van der Waals surface area contributed by atoms with Gasteiger partial charge in [-0.3, -0.25) is 0 Å². The second kappa shape index (κ2) is 7.10. The van der Waals surface area contributed by atoms with E-state index in [2.05, 4.69) is 36.1 Å². The molecule has 2 nitrogen and oxygen atoms in total. The fourth-order valence-electron chi connectivity index (χ4n) is 1.92. The maximum atomic E-state index is 9.24. The zero-order valence-electron chi connectivity index (χ0n) is 11.1. The standard InChI is InChI=1S/C16H19NOS/c1-2-17(14-6-4-3-5-7-14)12-13-19-16-10-8-15(18)9-11-16/h3-11,18H,2,12-13H2,1H3. The summed E-state index contributed by atoms with van der Waals surface area (Å²) in [6.45, 7) is 4.21. The molecule has 0 saturated heterocycles. The van der Waals surface area contributed by atoms with E-state index in [0.29, 0.717) is 5.75 Å². The molecule has 0 saturated carbocycles. The van der Waals surface area contributed by atoms with Gasteiger partial charge < -0.3 is 10.0 Å². The van der Waals surface area contributed by atoms with Gasteiger partial charge in [0.2, 0.25) is 0 Å². The summed E-state index contributed by atoms with van der Waals surface area (Å²) in [4.78, 5) is 3.56. The number of nitrogens with zero attached hydrogens (tertiary/aromatic N) is 1. The first kappa shape index (κ1) is 13.8. The molecular formula is C16H19NOS. The van der Waals surface area contributed by atoms with Gasteiger partial charge in [0.1, 0.15) is 5.75 Å². The summed E-state index contributed by atoms with van der Waals surface area (Å²) in [6, 6.07) is 17.9. The Hall–Kier alpha value is -1.61. The van der Waals surface area contributed by atoms with Crippen molar-refractivity contribution >= 4 is 17.4 Å². The highest BCUT2D eigenvalue weighted by molar-refractivity contribution is 7.99. The first-order valence-electron chi connectivity index (χ1n) is 6.51. The summed E-state index contributed by atoms with van der Waals surface area (Å²) in [5, 5.41) is 9.24. The predicted molar refractivity (Wildman–Crippen MR) is 83.2 cm³/mol. The summed E-state index contributed by atoms with van der Waals surface area (Å²) in [5.74, 6) is 1.36. The van der Waals surface area contributed by atoms with Crippen LogP contribution in [0.25, 0.3) is 0 Å². The number of aromatic hydroxyl groups is 1. The number of thioether (sulfide) groups is 1. The lowest BCUT2D eigenvalue weighted by Crippen LogP contribution is -2.25. The minimum Gasteiger partial charge on any atom is -0.508 e. The summed E-state index contributed by atoms with van der Waals surface area (Å²) >= 11 is 1.81. The maximum absolute atomic E-state index is 9.24. The van der Waals surface area contributed by atoms with E-state index in [0.717, 1.165) is 18.8 Å². The third kappa shape index (κ3) is 4.21. The molecule has 2 aromatic rings. The largest absolute Gasteiger partial charge is 0.508 e. The van der Waals surface area contributed by atoms with E-state index in [1.807, 2.05) is 30.0 Å². The van der Waals surface area contributed by atoms with E-state index in [1.54, 1.807) is 12.1 Å². The molecule has 19 heavy (non-hydrogen) atoms. The molecule has 0 aromatic heterocycles. The Balaban J connectivity index is 1.85. The molecule has 100 valence electrons. The van der Waals surface area contributed by atoms with Crippen LogP contribution in [0.5, 0.6) is 5.75 Å². The van der Waals surface area contributed by atoms with Crippen molar-refractivity contribution < 1.29 is 5.11 Å². The average molecular weight is 273 g/mol. The van der Waals surface area contributed by atoms with E-state index in [-0.39, 0.29) is 0 Å². The summed E-state index contributed by atoms with van der Waals surface area (Å²) in [5.41, 5.74) is 1.27. The topological polar surface area (TPSA) is 23.5 Å². The average Bonchev–Trinajstić information content (AvgIpc) is 2.46. The molecule has 3 heteroatoms. The van der Waals surface area contributed by atoms with Crippen LogP contribution in [0.2, 0.25) is 0 Å². The van der Waals surface area contributed by atoms with Gasteiger partial charge in [-0.25, -0.2) is 0 Å². The Morgan fingerprint density at radius 2 is 1.68 bits per heavy atom. The molecule has 0 spiro atoms. The highest BCUT2D eigenvalue weighted by Crippen LogP contribution is 2.21. The Morgan fingerprint density at radius 3 is 2.32 bits per heavy atom. The summed E-state index contributed by atoms with van der Waals surface area (Å²) in [6.07, 6.45) is 0. The molecule has 0 aliphatic rings. The van der Waals surface area contributed by atoms with Crippen LogP contribution in [0.3, 0.4) is 0 Å². The molecule has 0 amide bonds. The second-order valence-electron chi connectivity index (χ2n) is 4.26. The van der Waals surface area contributed by atoms with E-state index in [4.69, 9.17) is 0 Å². The molecule has 0 radical (unpaired) electrons. The number of phenolic OH excluding ortho intramolecular Hbond substituents is 1. The molecule has 0 heterocycles. The van der Waals surface area contributed by atoms with Crippen LogP contribution in [0, 0.1) is 0 Å². The number of hydrogen-bond acceptors (Lipinski definition) is 3. The number of para-hydroxylation sites is 1. The Bertz CT molecular complexity index is 484. The van der Waals surface area contributed by atoms with Crippen molar-refractivity contribution in [2.45, 2.75) is 11.8 Å². The SMILES string of the molecule is CCN(CCSc1ccc(O)cc1)c1ccccc1. The van der Waals surface area contributed by atoms with Crippen LogP contribution >= 0.6 is 11.8 Å². The van der Waals surface area contributed by atoms with Gasteiger partial charge in [-0.05, 0) is 43.3 Å². The predicted octanol–water partition coefficient (Wildman–Crippen LogP) is 4.01. The van der Waals surface area contributed by atoms with Crippen LogP contribution in [-0.4, -0.2) is 23.9 Å². The van der Waals surface area contributed by atoms with Crippen molar-refractivity contribution in [3.05, 3.63) is 54.6 Å². The Kier molecular flexibility index (Phi) is 5.16. The minimum absolute atomic E-state index is 0.323. The molecule has 0 aliphatic heterocycles. The fraction of sp³-hybridized carbons (Fsp3) is 0.250. The molecule has 2 rings (SSSR count). The number of hydrogen-bond donors (Lipinski definition) is 1. The lowest BCUT2D eigenvalue weighted by molar-refractivity contribution is 0.475. The smallest absolute Gasteiger partial charge is 0.115 e. The van der Waals surface area contributed by atoms with Gasteiger partial charge in [0.15, 0.2) is 0 Å². The molecule has 2 aromatic carbocycles. The Morgan fingerprint density at radius 1 is 1.00 bits per heavy atom. The Labute approximate surface area is 119 Å². The van der Waals surface area contributed by atoms with E-state index >= 15 is 0 Å². The van der Waals surface area contributed by atoms with Gasteiger partial charge >= 0.3 is 0 Å². The van der Waals surface area contributed by atoms with Crippen molar-refractivity contribution in [2.75, 3.05) is 23.7 Å². The molecule has 0 unspecified atom stereocenters. The highest BCUT2D eigenvalue weighted by atomic mass is 32.2. The van der Waals surface area contributed by atoms with Crippen LogP contribution in [-0.2, 0) is 0 Å². The van der Waals surface area contributed by atoms with Crippen molar-refractivity contribution in [2.24, 2.45) is 0 Å². The van der Waals surface area contributed by atoms with E-state index < -0.39 is 0 Å². The van der Waals surface area contributed by atoms with Gasteiger partial charge in [0, 0.05) is 29.4 Å².